The fraction of sp³-hybridized carbons (Fsp3) is 0.467. The maximum absolute atomic E-state index is 13.8. The Hall–Kier alpha value is -1.75. The summed E-state index contributed by atoms with van der Waals surface area (Å²) < 4.78 is 15.7. The lowest BCUT2D eigenvalue weighted by Crippen LogP contribution is -2.18. The predicted molar refractivity (Wildman–Crippen MR) is 77.0 cm³/mol. The van der Waals surface area contributed by atoms with Gasteiger partial charge in [0.25, 0.3) is 0 Å². The molecule has 0 saturated carbocycles. The Kier molecular flexibility index (Phi) is 4.49. The van der Waals surface area contributed by atoms with Crippen LogP contribution in [0.25, 0.3) is 0 Å². The second-order valence-corrected chi connectivity index (χ2v) is 5.05. The summed E-state index contributed by atoms with van der Waals surface area (Å²) in [5.41, 5.74) is 4.14. The summed E-state index contributed by atoms with van der Waals surface area (Å²) in [6, 6.07) is 1.72. The molecular formula is C15H21FN4. The van der Waals surface area contributed by atoms with E-state index in [0.29, 0.717) is 5.56 Å². The van der Waals surface area contributed by atoms with E-state index in [1.807, 2.05) is 25.7 Å². The Morgan fingerprint density at radius 3 is 2.70 bits per heavy atom. The lowest BCUT2D eigenvalue weighted by atomic mass is 9.98. The van der Waals surface area contributed by atoms with Gasteiger partial charge in [0, 0.05) is 30.5 Å². The second-order valence-electron chi connectivity index (χ2n) is 5.05. The van der Waals surface area contributed by atoms with Crippen LogP contribution in [0.5, 0.6) is 0 Å². The highest BCUT2D eigenvalue weighted by Crippen LogP contribution is 2.23. The van der Waals surface area contributed by atoms with Crippen molar-refractivity contribution in [3.63, 3.8) is 0 Å². The van der Waals surface area contributed by atoms with Crippen LogP contribution in [-0.2, 0) is 13.5 Å². The van der Waals surface area contributed by atoms with Gasteiger partial charge in [-0.05, 0) is 45.4 Å². The van der Waals surface area contributed by atoms with Crippen LogP contribution >= 0.6 is 0 Å². The minimum absolute atomic E-state index is 0.0167. The molecule has 108 valence electrons. The fourth-order valence-electron chi connectivity index (χ4n) is 2.59. The maximum Gasteiger partial charge on any atom is 0.146 e. The number of halogens is 1. The predicted octanol–water partition coefficient (Wildman–Crippen LogP) is 2.46. The molecule has 0 aliphatic carbocycles. The van der Waals surface area contributed by atoms with E-state index in [1.165, 1.54) is 17.5 Å². The number of rotatable bonds is 5. The molecule has 2 heterocycles. The summed E-state index contributed by atoms with van der Waals surface area (Å²) in [5.74, 6) is -0.258. The summed E-state index contributed by atoms with van der Waals surface area (Å²) in [5, 5.41) is 7.60. The molecule has 5 heteroatoms. The molecular weight excluding hydrogens is 255 g/mol. The molecule has 0 bridgehead atoms. The highest BCUT2D eigenvalue weighted by atomic mass is 19.1. The van der Waals surface area contributed by atoms with Gasteiger partial charge in [-0.2, -0.15) is 5.10 Å². The first kappa shape index (κ1) is 14.7. The molecule has 2 aromatic heterocycles. The SMILES string of the molecule is CNC(CCc1c(C)nn(C)c1C)c1ccncc1F. The molecule has 0 spiro atoms. The van der Waals surface area contributed by atoms with Crippen molar-refractivity contribution in [1.29, 1.82) is 0 Å². The lowest BCUT2D eigenvalue weighted by molar-refractivity contribution is 0.505. The quantitative estimate of drug-likeness (QED) is 0.912. The van der Waals surface area contributed by atoms with Gasteiger partial charge in [0.1, 0.15) is 5.82 Å². The van der Waals surface area contributed by atoms with Crippen LogP contribution < -0.4 is 5.32 Å². The highest BCUT2D eigenvalue weighted by molar-refractivity contribution is 5.25. The van der Waals surface area contributed by atoms with E-state index in [9.17, 15) is 4.39 Å². The number of hydrogen-bond acceptors (Lipinski definition) is 3. The molecule has 0 fully saturated rings. The third-order valence-electron chi connectivity index (χ3n) is 3.87. The van der Waals surface area contributed by atoms with Crippen molar-refractivity contribution in [3.8, 4) is 0 Å². The smallest absolute Gasteiger partial charge is 0.146 e. The maximum atomic E-state index is 13.8. The first-order chi connectivity index (χ1) is 9.54. The number of nitrogens with zero attached hydrogens (tertiary/aromatic N) is 3. The van der Waals surface area contributed by atoms with Crippen LogP contribution in [0.15, 0.2) is 18.5 Å². The Morgan fingerprint density at radius 1 is 1.40 bits per heavy atom. The number of hydrogen-bond donors (Lipinski definition) is 1. The van der Waals surface area contributed by atoms with E-state index in [-0.39, 0.29) is 11.9 Å². The standard InChI is InChI=1S/C15H21FN4/c1-10-12(11(2)20(4)19-10)5-6-15(17-3)13-7-8-18-9-14(13)16/h7-9,15,17H,5-6H2,1-4H3. The van der Waals surface area contributed by atoms with E-state index in [1.54, 1.807) is 12.3 Å². The van der Waals surface area contributed by atoms with Crippen LogP contribution in [0.3, 0.4) is 0 Å². The molecule has 0 aromatic carbocycles. The largest absolute Gasteiger partial charge is 0.313 e. The normalized spacial score (nSPS) is 12.7. The minimum Gasteiger partial charge on any atom is -0.313 e. The first-order valence-electron chi connectivity index (χ1n) is 6.80. The van der Waals surface area contributed by atoms with E-state index in [4.69, 9.17) is 0 Å². The van der Waals surface area contributed by atoms with Gasteiger partial charge in [-0.3, -0.25) is 9.67 Å². The van der Waals surface area contributed by atoms with Crippen LogP contribution in [0.2, 0.25) is 0 Å². The average Bonchev–Trinajstić information content (AvgIpc) is 2.67. The van der Waals surface area contributed by atoms with E-state index >= 15 is 0 Å². The van der Waals surface area contributed by atoms with Gasteiger partial charge in [0.2, 0.25) is 0 Å². The molecule has 20 heavy (non-hydrogen) atoms. The Morgan fingerprint density at radius 2 is 2.15 bits per heavy atom. The summed E-state index contributed by atoms with van der Waals surface area (Å²) in [4.78, 5) is 3.80. The van der Waals surface area contributed by atoms with Gasteiger partial charge in [0.05, 0.1) is 11.9 Å². The summed E-state index contributed by atoms with van der Waals surface area (Å²) in [7, 11) is 3.80. The topological polar surface area (TPSA) is 42.7 Å². The summed E-state index contributed by atoms with van der Waals surface area (Å²) in [6.07, 6.45) is 4.59. The van der Waals surface area contributed by atoms with Crippen LogP contribution in [-0.4, -0.2) is 21.8 Å². The molecule has 0 aliphatic rings. The third kappa shape index (κ3) is 2.88. The van der Waals surface area contributed by atoms with Gasteiger partial charge < -0.3 is 5.32 Å². The molecule has 1 N–H and O–H groups in total. The van der Waals surface area contributed by atoms with Crippen molar-refractivity contribution in [2.75, 3.05) is 7.05 Å². The molecule has 1 unspecified atom stereocenters. The van der Waals surface area contributed by atoms with Gasteiger partial charge in [0.15, 0.2) is 0 Å². The van der Waals surface area contributed by atoms with Crippen molar-refractivity contribution in [2.24, 2.45) is 7.05 Å². The zero-order valence-corrected chi connectivity index (χ0v) is 12.4. The third-order valence-corrected chi connectivity index (χ3v) is 3.87. The van der Waals surface area contributed by atoms with Crippen molar-refractivity contribution in [2.45, 2.75) is 32.7 Å². The molecule has 0 amide bonds. The molecule has 0 saturated heterocycles. The molecule has 1 atom stereocenters. The van der Waals surface area contributed by atoms with Gasteiger partial charge >= 0.3 is 0 Å². The van der Waals surface area contributed by atoms with Crippen molar-refractivity contribution >= 4 is 0 Å². The number of nitrogens with one attached hydrogen (secondary N) is 1. The highest BCUT2D eigenvalue weighted by Gasteiger charge is 2.16. The summed E-state index contributed by atoms with van der Waals surface area (Å²) in [6.45, 7) is 4.08. The number of aromatic nitrogens is 3. The van der Waals surface area contributed by atoms with E-state index in [0.717, 1.165) is 18.5 Å². The van der Waals surface area contributed by atoms with Crippen molar-refractivity contribution < 1.29 is 4.39 Å². The zero-order chi connectivity index (χ0) is 14.7. The van der Waals surface area contributed by atoms with Crippen LogP contribution in [0, 0.1) is 19.7 Å². The molecule has 0 radical (unpaired) electrons. The van der Waals surface area contributed by atoms with Crippen molar-refractivity contribution in [1.82, 2.24) is 20.1 Å². The van der Waals surface area contributed by atoms with Crippen molar-refractivity contribution in [3.05, 3.63) is 46.8 Å². The minimum atomic E-state index is -0.258. The zero-order valence-electron chi connectivity index (χ0n) is 12.4. The van der Waals surface area contributed by atoms with Crippen LogP contribution in [0.4, 0.5) is 4.39 Å². The molecule has 2 rings (SSSR count). The molecule has 2 aromatic rings. The first-order valence-corrected chi connectivity index (χ1v) is 6.80. The number of pyridine rings is 1. The Labute approximate surface area is 119 Å². The second kappa shape index (κ2) is 6.13. The van der Waals surface area contributed by atoms with E-state index < -0.39 is 0 Å². The Balaban J connectivity index is 2.14. The number of aryl methyl sites for hydroxylation is 2. The lowest BCUT2D eigenvalue weighted by Gasteiger charge is -2.17. The van der Waals surface area contributed by atoms with Gasteiger partial charge in [-0.25, -0.2) is 4.39 Å². The molecule has 0 aliphatic heterocycles. The average molecular weight is 276 g/mol. The molecule has 4 nitrogen and oxygen atoms in total. The van der Waals surface area contributed by atoms with E-state index in [2.05, 4.69) is 22.3 Å². The summed E-state index contributed by atoms with van der Waals surface area (Å²) >= 11 is 0. The van der Waals surface area contributed by atoms with Gasteiger partial charge in [-0.1, -0.05) is 0 Å². The monoisotopic (exact) mass is 276 g/mol. The Bertz CT molecular complexity index is 592. The van der Waals surface area contributed by atoms with Gasteiger partial charge in [-0.15, -0.1) is 0 Å². The van der Waals surface area contributed by atoms with Crippen LogP contribution in [0.1, 0.15) is 35.0 Å². The fourth-order valence-corrected chi connectivity index (χ4v) is 2.59.